The fourth-order valence-electron chi connectivity index (χ4n) is 4.17. The van der Waals surface area contributed by atoms with Crippen molar-refractivity contribution in [2.24, 2.45) is 5.73 Å². The Balaban J connectivity index is 2.06. The Bertz CT molecular complexity index is 886. The van der Waals surface area contributed by atoms with Gasteiger partial charge >= 0.3 is 0 Å². The lowest BCUT2D eigenvalue weighted by molar-refractivity contribution is 0.748. The number of rotatable bonds is 8. The number of nitrogens with one attached hydrogen (secondary N) is 1. The van der Waals surface area contributed by atoms with Crippen molar-refractivity contribution in [2.75, 3.05) is 24.5 Å². The first-order valence-corrected chi connectivity index (χ1v) is 10.3. The lowest BCUT2D eigenvalue weighted by Gasteiger charge is -2.21. The van der Waals surface area contributed by atoms with Gasteiger partial charge < -0.3 is 15.6 Å². The molecule has 3 rings (SSSR count). The van der Waals surface area contributed by atoms with Gasteiger partial charge in [0.2, 0.25) is 0 Å². The largest absolute Gasteiger partial charge is 0.372 e. The highest BCUT2D eigenvalue weighted by atomic mass is 15.1. The quantitative estimate of drug-likeness (QED) is 0.513. The zero-order chi connectivity index (χ0) is 19.4. The molecule has 0 aliphatic heterocycles. The van der Waals surface area contributed by atoms with E-state index in [4.69, 9.17) is 5.73 Å². The number of nitrogens with zero attached hydrogens (tertiary/aromatic N) is 1. The summed E-state index contributed by atoms with van der Waals surface area (Å²) in [6.45, 7) is 11.6. The summed E-state index contributed by atoms with van der Waals surface area (Å²) in [4.78, 5) is 6.10. The number of fused-ring (bicyclic) bond motifs is 1. The van der Waals surface area contributed by atoms with E-state index in [2.05, 4.69) is 74.0 Å². The van der Waals surface area contributed by atoms with E-state index >= 15 is 0 Å². The fraction of sp³-hybridized carbons (Fsp3) is 0.417. The maximum absolute atomic E-state index is 5.74. The molecule has 27 heavy (non-hydrogen) atoms. The van der Waals surface area contributed by atoms with E-state index in [9.17, 15) is 0 Å². The molecule has 3 aromatic rings. The molecule has 0 amide bonds. The summed E-state index contributed by atoms with van der Waals surface area (Å²) in [5.74, 6) is 0. The van der Waals surface area contributed by atoms with Gasteiger partial charge in [-0.05, 0) is 94.0 Å². The molecule has 0 atom stereocenters. The highest BCUT2D eigenvalue weighted by molar-refractivity contribution is 5.93. The molecule has 3 nitrogen and oxygen atoms in total. The minimum absolute atomic E-state index is 0.758. The second kappa shape index (κ2) is 8.62. The molecule has 0 saturated carbocycles. The van der Waals surface area contributed by atoms with Crippen LogP contribution in [0.2, 0.25) is 0 Å². The van der Waals surface area contributed by atoms with Crippen molar-refractivity contribution in [2.45, 2.75) is 47.0 Å². The number of H-pyrrole nitrogens is 1. The van der Waals surface area contributed by atoms with Crippen molar-refractivity contribution in [3.05, 3.63) is 53.1 Å². The van der Waals surface area contributed by atoms with E-state index in [0.717, 1.165) is 38.9 Å². The number of nitrogens with two attached hydrogens (primary N) is 1. The number of aromatic amines is 1. The molecule has 144 valence electrons. The molecule has 0 aliphatic rings. The van der Waals surface area contributed by atoms with Gasteiger partial charge in [0, 0.05) is 35.4 Å². The van der Waals surface area contributed by atoms with Crippen molar-refractivity contribution < 1.29 is 0 Å². The van der Waals surface area contributed by atoms with Gasteiger partial charge in [0.1, 0.15) is 0 Å². The highest BCUT2D eigenvalue weighted by Crippen LogP contribution is 2.35. The van der Waals surface area contributed by atoms with E-state index in [0.29, 0.717) is 0 Å². The Kier molecular flexibility index (Phi) is 6.22. The Morgan fingerprint density at radius 3 is 2.30 bits per heavy atom. The molecule has 0 aliphatic carbocycles. The first-order valence-electron chi connectivity index (χ1n) is 10.3. The molecule has 3 N–H and O–H groups in total. The average molecular weight is 364 g/mol. The summed E-state index contributed by atoms with van der Waals surface area (Å²) in [5, 5.41) is 1.39. The molecule has 0 radical (unpaired) electrons. The van der Waals surface area contributed by atoms with Gasteiger partial charge in [-0.2, -0.15) is 0 Å². The van der Waals surface area contributed by atoms with Gasteiger partial charge in [0.25, 0.3) is 0 Å². The number of aromatic nitrogens is 1. The first kappa shape index (κ1) is 19.5. The molecule has 0 saturated heterocycles. The van der Waals surface area contributed by atoms with E-state index in [1.54, 1.807) is 0 Å². The zero-order valence-electron chi connectivity index (χ0n) is 17.2. The number of unbranched alkanes of at least 4 members (excludes halogenated alkanes) is 1. The molecule has 0 fully saturated rings. The lowest BCUT2D eigenvalue weighted by Crippen LogP contribution is -2.21. The number of benzene rings is 2. The Hall–Kier alpha value is -2.26. The number of hydrogen-bond donors (Lipinski definition) is 2. The normalized spacial score (nSPS) is 11.3. The third kappa shape index (κ3) is 4.03. The molecule has 0 unspecified atom stereocenters. The zero-order valence-corrected chi connectivity index (χ0v) is 17.2. The van der Waals surface area contributed by atoms with E-state index in [-0.39, 0.29) is 0 Å². The van der Waals surface area contributed by atoms with Gasteiger partial charge in [-0.3, -0.25) is 0 Å². The van der Waals surface area contributed by atoms with Crippen LogP contribution in [0, 0.1) is 13.8 Å². The van der Waals surface area contributed by atoms with Crippen LogP contribution < -0.4 is 10.6 Å². The maximum Gasteiger partial charge on any atom is 0.0497 e. The van der Waals surface area contributed by atoms with E-state index < -0.39 is 0 Å². The summed E-state index contributed by atoms with van der Waals surface area (Å²) in [6.07, 6.45) is 3.26. The molecule has 0 spiro atoms. The summed E-state index contributed by atoms with van der Waals surface area (Å²) in [5.41, 5.74) is 14.9. The van der Waals surface area contributed by atoms with Crippen LogP contribution in [-0.2, 0) is 6.42 Å². The minimum atomic E-state index is 0.758. The van der Waals surface area contributed by atoms with Crippen molar-refractivity contribution in [1.29, 1.82) is 0 Å². The SMILES string of the molecule is CCN(CC)c1ccc(-c2[nH]c3cc(C)cc(C)c3c2CCCCN)cc1. The third-order valence-electron chi connectivity index (χ3n) is 5.51. The molecule has 1 heterocycles. The summed E-state index contributed by atoms with van der Waals surface area (Å²) < 4.78 is 0. The lowest BCUT2D eigenvalue weighted by atomic mass is 9.97. The maximum atomic E-state index is 5.74. The van der Waals surface area contributed by atoms with Crippen molar-refractivity contribution >= 4 is 16.6 Å². The Morgan fingerprint density at radius 1 is 0.963 bits per heavy atom. The van der Waals surface area contributed by atoms with Crippen molar-refractivity contribution in [3.63, 3.8) is 0 Å². The van der Waals surface area contributed by atoms with Gasteiger partial charge in [0.15, 0.2) is 0 Å². The molecular weight excluding hydrogens is 330 g/mol. The molecule has 3 heteroatoms. The van der Waals surface area contributed by atoms with Crippen LogP contribution in [0.5, 0.6) is 0 Å². The van der Waals surface area contributed by atoms with Crippen LogP contribution in [0.1, 0.15) is 43.4 Å². The summed E-state index contributed by atoms with van der Waals surface area (Å²) in [6, 6.07) is 13.6. The topological polar surface area (TPSA) is 45.0 Å². The van der Waals surface area contributed by atoms with Crippen LogP contribution in [0.25, 0.3) is 22.2 Å². The number of aryl methyl sites for hydroxylation is 3. The van der Waals surface area contributed by atoms with Crippen LogP contribution in [-0.4, -0.2) is 24.6 Å². The predicted octanol–water partition coefficient (Wildman–Crippen LogP) is 5.58. The predicted molar refractivity (Wildman–Crippen MR) is 119 cm³/mol. The van der Waals surface area contributed by atoms with E-state index in [1.165, 1.54) is 44.5 Å². The second-order valence-corrected chi connectivity index (χ2v) is 7.45. The van der Waals surface area contributed by atoms with Crippen LogP contribution in [0.3, 0.4) is 0 Å². The molecule has 1 aromatic heterocycles. The summed E-state index contributed by atoms with van der Waals surface area (Å²) >= 11 is 0. The average Bonchev–Trinajstić information content (AvgIpc) is 3.02. The minimum Gasteiger partial charge on any atom is -0.372 e. The van der Waals surface area contributed by atoms with Crippen molar-refractivity contribution in [3.8, 4) is 11.3 Å². The van der Waals surface area contributed by atoms with Crippen molar-refractivity contribution in [1.82, 2.24) is 4.98 Å². The molecule has 2 aromatic carbocycles. The van der Waals surface area contributed by atoms with Crippen LogP contribution in [0.4, 0.5) is 5.69 Å². The molecular formula is C24H33N3. The Labute approximate surface area is 163 Å². The first-order chi connectivity index (χ1) is 13.1. The smallest absolute Gasteiger partial charge is 0.0497 e. The van der Waals surface area contributed by atoms with Gasteiger partial charge in [-0.15, -0.1) is 0 Å². The molecule has 0 bridgehead atoms. The summed E-state index contributed by atoms with van der Waals surface area (Å²) in [7, 11) is 0. The Morgan fingerprint density at radius 2 is 1.67 bits per heavy atom. The second-order valence-electron chi connectivity index (χ2n) is 7.45. The van der Waals surface area contributed by atoms with Crippen LogP contribution in [0.15, 0.2) is 36.4 Å². The number of anilines is 1. The third-order valence-corrected chi connectivity index (χ3v) is 5.51. The van der Waals surface area contributed by atoms with Gasteiger partial charge in [-0.1, -0.05) is 18.2 Å². The fourth-order valence-corrected chi connectivity index (χ4v) is 4.17. The monoisotopic (exact) mass is 363 g/mol. The highest BCUT2D eigenvalue weighted by Gasteiger charge is 2.15. The van der Waals surface area contributed by atoms with Crippen LogP contribution >= 0.6 is 0 Å². The van der Waals surface area contributed by atoms with Gasteiger partial charge in [-0.25, -0.2) is 0 Å². The van der Waals surface area contributed by atoms with E-state index in [1.807, 2.05) is 0 Å². The number of hydrogen-bond acceptors (Lipinski definition) is 2. The standard InChI is InChI=1S/C24H33N3/c1-5-27(6-2)20-12-10-19(11-13-20)24-21(9-7-8-14-25)23-18(4)15-17(3)16-22(23)26-24/h10-13,15-16,26H,5-9,14,25H2,1-4H3. The van der Waals surface area contributed by atoms with Gasteiger partial charge in [0.05, 0.1) is 0 Å².